The van der Waals surface area contributed by atoms with Crippen LogP contribution in [0.1, 0.15) is 20.3 Å². The molecule has 10 heavy (non-hydrogen) atoms. The van der Waals surface area contributed by atoms with Crippen LogP contribution < -0.4 is 5.73 Å². The van der Waals surface area contributed by atoms with Gasteiger partial charge in [0.05, 0.1) is 0 Å². The Morgan fingerprint density at radius 3 is 2.50 bits per heavy atom. The van der Waals surface area contributed by atoms with Crippen LogP contribution in [0, 0.1) is 5.92 Å². The molecule has 0 aliphatic heterocycles. The Kier molecular flexibility index (Phi) is 4.05. The van der Waals surface area contributed by atoms with Gasteiger partial charge in [0, 0.05) is 6.04 Å². The summed E-state index contributed by atoms with van der Waals surface area (Å²) in [4.78, 5) is 0. The second-order valence-electron chi connectivity index (χ2n) is 2.90. The van der Waals surface area contributed by atoms with Crippen molar-refractivity contribution in [1.29, 1.82) is 0 Å². The van der Waals surface area contributed by atoms with E-state index in [4.69, 9.17) is 5.73 Å². The van der Waals surface area contributed by atoms with Crippen LogP contribution in [-0.2, 0) is 0 Å². The predicted molar refractivity (Wildman–Crippen MR) is 46.8 cm³/mol. The van der Waals surface area contributed by atoms with Crippen LogP contribution in [0.3, 0.4) is 0 Å². The summed E-state index contributed by atoms with van der Waals surface area (Å²) in [5.41, 5.74) is 6.80. The van der Waals surface area contributed by atoms with E-state index in [0.717, 1.165) is 12.0 Å². The van der Waals surface area contributed by atoms with E-state index < -0.39 is 0 Å². The van der Waals surface area contributed by atoms with Crippen LogP contribution in [0.4, 0.5) is 0 Å². The fourth-order valence-corrected chi connectivity index (χ4v) is 0.698. The number of nitrogens with two attached hydrogens (primary N) is 1. The van der Waals surface area contributed by atoms with Crippen LogP contribution >= 0.6 is 0 Å². The van der Waals surface area contributed by atoms with E-state index in [1.165, 1.54) is 0 Å². The Balaban J connectivity index is 3.67. The Labute approximate surface area is 63.6 Å². The van der Waals surface area contributed by atoms with Gasteiger partial charge in [-0.3, -0.25) is 0 Å². The monoisotopic (exact) mass is 139 g/mol. The van der Waals surface area contributed by atoms with Crippen molar-refractivity contribution in [3.05, 3.63) is 24.8 Å². The second kappa shape index (κ2) is 4.29. The summed E-state index contributed by atoms with van der Waals surface area (Å²) >= 11 is 0. The van der Waals surface area contributed by atoms with Crippen LogP contribution in [0.2, 0.25) is 0 Å². The van der Waals surface area contributed by atoms with Gasteiger partial charge in [0.2, 0.25) is 0 Å². The van der Waals surface area contributed by atoms with E-state index in [1.807, 2.05) is 13.0 Å². The fourth-order valence-electron chi connectivity index (χ4n) is 0.698. The standard InChI is InChI=1S/C9H17N/c1-5-8(4)6-9(10)7(2)3/h5,8-9H,1-2,6,10H2,3-4H3. The highest BCUT2D eigenvalue weighted by molar-refractivity contribution is 5.01. The summed E-state index contributed by atoms with van der Waals surface area (Å²) in [5, 5.41) is 0. The zero-order valence-corrected chi connectivity index (χ0v) is 6.93. The molecule has 0 aliphatic rings. The lowest BCUT2D eigenvalue weighted by atomic mass is 9.99. The van der Waals surface area contributed by atoms with Crippen LogP contribution in [0.25, 0.3) is 0 Å². The first-order valence-electron chi connectivity index (χ1n) is 3.61. The number of allylic oxidation sites excluding steroid dienone is 1. The molecule has 1 nitrogen and oxygen atoms in total. The molecule has 0 saturated heterocycles. The second-order valence-corrected chi connectivity index (χ2v) is 2.90. The molecule has 58 valence electrons. The van der Waals surface area contributed by atoms with Crippen molar-refractivity contribution in [3.8, 4) is 0 Å². The lowest BCUT2D eigenvalue weighted by Gasteiger charge is -2.13. The zero-order valence-electron chi connectivity index (χ0n) is 6.93. The number of rotatable bonds is 4. The maximum Gasteiger partial charge on any atom is 0.0253 e. The fraction of sp³-hybridized carbons (Fsp3) is 0.556. The highest BCUT2D eigenvalue weighted by Crippen LogP contribution is 2.09. The average molecular weight is 139 g/mol. The van der Waals surface area contributed by atoms with Crippen LogP contribution in [0.5, 0.6) is 0 Å². The van der Waals surface area contributed by atoms with Crippen molar-refractivity contribution in [3.63, 3.8) is 0 Å². The molecule has 0 aromatic heterocycles. The normalized spacial score (nSPS) is 15.9. The SMILES string of the molecule is C=CC(C)CC(N)C(=C)C. The van der Waals surface area contributed by atoms with Gasteiger partial charge in [-0.05, 0) is 19.3 Å². The molecule has 2 N–H and O–H groups in total. The smallest absolute Gasteiger partial charge is 0.0253 e. The third-order valence-corrected chi connectivity index (χ3v) is 1.66. The molecule has 0 heterocycles. The molecule has 0 saturated carbocycles. The molecule has 1 heteroatoms. The lowest BCUT2D eigenvalue weighted by molar-refractivity contribution is 0.579. The van der Waals surface area contributed by atoms with Gasteiger partial charge in [0.1, 0.15) is 0 Å². The summed E-state index contributed by atoms with van der Waals surface area (Å²) in [5.74, 6) is 0.492. The first-order valence-corrected chi connectivity index (χ1v) is 3.61. The van der Waals surface area contributed by atoms with Gasteiger partial charge in [-0.15, -0.1) is 6.58 Å². The highest BCUT2D eigenvalue weighted by atomic mass is 14.6. The number of hydrogen-bond acceptors (Lipinski definition) is 1. The van der Waals surface area contributed by atoms with Gasteiger partial charge in [-0.2, -0.15) is 0 Å². The summed E-state index contributed by atoms with van der Waals surface area (Å²) in [7, 11) is 0. The molecule has 2 unspecified atom stereocenters. The molecule has 0 rings (SSSR count). The van der Waals surface area contributed by atoms with Crippen molar-refractivity contribution in [1.82, 2.24) is 0 Å². The summed E-state index contributed by atoms with van der Waals surface area (Å²) in [6.07, 6.45) is 2.88. The van der Waals surface area contributed by atoms with Crippen molar-refractivity contribution >= 4 is 0 Å². The van der Waals surface area contributed by atoms with E-state index in [9.17, 15) is 0 Å². The maximum absolute atomic E-state index is 5.75. The molecule has 0 radical (unpaired) electrons. The minimum Gasteiger partial charge on any atom is -0.324 e. The Bertz CT molecular complexity index is 127. The van der Waals surface area contributed by atoms with Gasteiger partial charge in [-0.25, -0.2) is 0 Å². The van der Waals surface area contributed by atoms with E-state index in [1.54, 1.807) is 0 Å². The van der Waals surface area contributed by atoms with Gasteiger partial charge in [0.15, 0.2) is 0 Å². The molecule has 0 aliphatic carbocycles. The van der Waals surface area contributed by atoms with E-state index in [0.29, 0.717) is 5.92 Å². The summed E-state index contributed by atoms with van der Waals surface area (Å²) in [6.45, 7) is 11.5. The minimum absolute atomic E-state index is 0.132. The third-order valence-electron chi connectivity index (χ3n) is 1.66. The topological polar surface area (TPSA) is 26.0 Å². The quantitative estimate of drug-likeness (QED) is 0.593. The van der Waals surface area contributed by atoms with Crippen LogP contribution in [-0.4, -0.2) is 6.04 Å². The average Bonchev–Trinajstić information content (AvgIpc) is 1.87. The van der Waals surface area contributed by atoms with E-state index in [-0.39, 0.29) is 6.04 Å². The largest absolute Gasteiger partial charge is 0.324 e. The van der Waals surface area contributed by atoms with Gasteiger partial charge < -0.3 is 5.73 Å². The zero-order chi connectivity index (χ0) is 8.15. The van der Waals surface area contributed by atoms with Gasteiger partial charge >= 0.3 is 0 Å². The number of hydrogen-bond donors (Lipinski definition) is 1. The van der Waals surface area contributed by atoms with Crippen molar-refractivity contribution in [2.75, 3.05) is 0 Å². The first kappa shape index (κ1) is 9.44. The van der Waals surface area contributed by atoms with Crippen molar-refractivity contribution < 1.29 is 0 Å². The molecule has 0 aromatic rings. The van der Waals surface area contributed by atoms with Crippen molar-refractivity contribution in [2.45, 2.75) is 26.3 Å². The predicted octanol–water partition coefficient (Wildman–Crippen LogP) is 2.10. The Morgan fingerprint density at radius 2 is 2.20 bits per heavy atom. The van der Waals surface area contributed by atoms with E-state index in [2.05, 4.69) is 20.1 Å². The summed E-state index contributed by atoms with van der Waals surface area (Å²) < 4.78 is 0. The molecular weight excluding hydrogens is 122 g/mol. The van der Waals surface area contributed by atoms with Gasteiger partial charge in [-0.1, -0.05) is 25.2 Å². The maximum atomic E-state index is 5.75. The summed E-state index contributed by atoms with van der Waals surface area (Å²) in [6, 6.07) is 0.132. The minimum atomic E-state index is 0.132. The Hall–Kier alpha value is -0.560. The van der Waals surface area contributed by atoms with Crippen LogP contribution in [0.15, 0.2) is 24.8 Å². The molecule has 0 amide bonds. The first-order chi connectivity index (χ1) is 4.57. The highest BCUT2D eigenvalue weighted by Gasteiger charge is 2.05. The lowest BCUT2D eigenvalue weighted by Crippen LogP contribution is -2.22. The van der Waals surface area contributed by atoms with Crippen molar-refractivity contribution in [2.24, 2.45) is 11.7 Å². The third kappa shape index (κ3) is 3.46. The molecule has 0 bridgehead atoms. The molecule has 0 fully saturated rings. The molecule has 0 spiro atoms. The van der Waals surface area contributed by atoms with E-state index >= 15 is 0 Å². The molecular formula is C9H17N. The van der Waals surface area contributed by atoms with Gasteiger partial charge in [0.25, 0.3) is 0 Å². The molecule has 2 atom stereocenters. The Morgan fingerprint density at radius 1 is 1.70 bits per heavy atom. The molecule has 0 aromatic carbocycles.